The molecule has 4 saturated carbocycles. The van der Waals surface area contributed by atoms with Gasteiger partial charge in [0.25, 0.3) is 0 Å². The Labute approximate surface area is 631 Å². The third-order valence-corrected chi connectivity index (χ3v) is 24.8. The fourth-order valence-electron chi connectivity index (χ4n) is 17.3. The van der Waals surface area contributed by atoms with Crippen LogP contribution < -0.4 is 21.3 Å². The van der Waals surface area contributed by atoms with Gasteiger partial charge in [0.2, 0.25) is 70.9 Å². The molecule has 0 bridgehead atoms. The van der Waals surface area contributed by atoms with Gasteiger partial charge in [-0.3, -0.25) is 57.5 Å². The quantitative estimate of drug-likeness (QED) is 0.164. The van der Waals surface area contributed by atoms with E-state index in [4.69, 9.17) is 16.3 Å². The summed E-state index contributed by atoms with van der Waals surface area (Å²) in [5.41, 5.74) is -1.61. The van der Waals surface area contributed by atoms with Gasteiger partial charge in [0.05, 0.1) is 45.2 Å². The molecular formula is C76H125ClF3N13O13. The number of nitrogens with one attached hydrogen (secondary N) is 4. The molecule has 1 spiro atoms. The Morgan fingerprint density at radius 1 is 0.585 bits per heavy atom. The molecule has 12 amide bonds. The SMILES string of the molecule is CC[C@H](C)[C@@H]1NC(=O)[C@H](CC(C)C)N(C)C(=O)C[C@@H](C(=O)N2CCOCC2)N(C)C(=O)[C@H](C2CCCCC2)N(C)C(=O)C2(CCCC2)NC(=O)[C@H](CC2CCCNC2)N(C)C(=O)[C@H](CCC2CCC(C(F)(F)F)C(Cl)C2)NC(=O)CN(C)C(=O)[C@H](CC2CCCCC2)N(C)C(=O)CN(C)C(=O)CN(C)C1=O. The highest BCUT2D eigenvalue weighted by molar-refractivity contribution is 6.21. The Balaban J connectivity index is 1.32. The summed E-state index contributed by atoms with van der Waals surface area (Å²) >= 11 is 6.47. The lowest BCUT2D eigenvalue weighted by atomic mass is 9.78. The van der Waals surface area contributed by atoms with Crippen molar-refractivity contribution in [2.45, 2.75) is 254 Å². The first-order valence-corrected chi connectivity index (χ1v) is 39.8. The average Bonchev–Trinajstić information content (AvgIpc) is 1.20. The van der Waals surface area contributed by atoms with E-state index in [-0.39, 0.29) is 114 Å². The van der Waals surface area contributed by atoms with Crippen LogP contribution in [0.4, 0.5) is 13.2 Å². The summed E-state index contributed by atoms with van der Waals surface area (Å²) < 4.78 is 48.0. The second-order valence-corrected chi connectivity index (χ2v) is 33.1. The molecular weight excluding hydrogens is 1400 g/mol. The first kappa shape index (κ1) is 86.9. The molecule has 12 atom stereocenters. The van der Waals surface area contributed by atoms with Crippen LogP contribution in [0.15, 0.2) is 0 Å². The van der Waals surface area contributed by atoms with Gasteiger partial charge in [-0.15, -0.1) is 11.6 Å². The molecule has 0 aromatic heterocycles. The highest BCUT2D eigenvalue weighted by atomic mass is 35.5. The Kier molecular flexibility index (Phi) is 32.6. The summed E-state index contributed by atoms with van der Waals surface area (Å²) in [5.74, 6) is -11.1. The Bertz CT molecular complexity index is 3030. The zero-order valence-electron chi connectivity index (χ0n) is 65.3. The number of halogens is 4. The molecule has 7 rings (SSSR count). The topological polar surface area (TPSA) is 291 Å². The number of hydrogen-bond acceptors (Lipinski definition) is 14. The first-order valence-electron chi connectivity index (χ1n) is 39.3. The first-order chi connectivity index (χ1) is 50.1. The van der Waals surface area contributed by atoms with E-state index in [0.717, 1.165) is 74.1 Å². The smallest absolute Gasteiger partial charge is 0.378 e. The molecule has 3 saturated heterocycles. The van der Waals surface area contributed by atoms with Crippen molar-refractivity contribution in [3.63, 3.8) is 0 Å². The van der Waals surface area contributed by atoms with Crippen LogP contribution in [0, 0.1) is 41.4 Å². The van der Waals surface area contributed by atoms with Crippen molar-refractivity contribution in [2.75, 3.05) is 115 Å². The molecule has 106 heavy (non-hydrogen) atoms. The van der Waals surface area contributed by atoms with Gasteiger partial charge in [-0.1, -0.05) is 98.3 Å². The van der Waals surface area contributed by atoms with Gasteiger partial charge >= 0.3 is 6.18 Å². The van der Waals surface area contributed by atoms with E-state index in [1.165, 1.54) is 90.7 Å². The van der Waals surface area contributed by atoms with Crippen molar-refractivity contribution in [1.29, 1.82) is 0 Å². The van der Waals surface area contributed by atoms with E-state index in [9.17, 15) is 41.9 Å². The second kappa shape index (κ2) is 39.8. The Morgan fingerprint density at radius 2 is 1.18 bits per heavy atom. The molecule has 0 radical (unpaired) electrons. The Hall–Kier alpha value is -6.36. The van der Waals surface area contributed by atoms with Crippen LogP contribution in [0.5, 0.6) is 0 Å². The predicted molar refractivity (Wildman–Crippen MR) is 394 cm³/mol. The maximum absolute atomic E-state index is 16.0. The highest BCUT2D eigenvalue weighted by Crippen LogP contribution is 2.44. The molecule has 7 fully saturated rings. The normalized spacial score (nSPS) is 30.1. The van der Waals surface area contributed by atoms with Crippen LogP contribution in [-0.4, -0.2) is 290 Å². The average molecular weight is 1520 g/mol. The molecule has 30 heteroatoms. The number of amides is 12. The molecule has 26 nitrogen and oxygen atoms in total. The van der Waals surface area contributed by atoms with Crippen LogP contribution >= 0.6 is 11.6 Å². The number of likely N-dealkylation sites (N-methyl/N-ethyl adjacent to an activating group) is 8. The summed E-state index contributed by atoms with van der Waals surface area (Å²) in [4.78, 5) is 193. The van der Waals surface area contributed by atoms with Crippen LogP contribution in [0.2, 0.25) is 0 Å². The fraction of sp³-hybridized carbons (Fsp3) is 0.842. The molecule has 4 N–H and O–H groups in total. The summed E-state index contributed by atoms with van der Waals surface area (Å²) in [6, 6.07) is -8.87. The predicted octanol–water partition coefficient (Wildman–Crippen LogP) is 5.56. The number of hydrogen-bond donors (Lipinski definition) is 4. The number of carbonyl (C=O) groups is 12. The van der Waals surface area contributed by atoms with E-state index in [1.54, 1.807) is 6.92 Å². The number of carbonyl (C=O) groups excluding carboxylic acids is 12. The zero-order chi connectivity index (χ0) is 78.1. The summed E-state index contributed by atoms with van der Waals surface area (Å²) in [6.45, 7) is 7.60. The van der Waals surface area contributed by atoms with Crippen LogP contribution in [0.25, 0.3) is 0 Å². The van der Waals surface area contributed by atoms with Gasteiger partial charge in [0, 0.05) is 74.8 Å². The number of alkyl halides is 4. The molecule has 4 unspecified atom stereocenters. The maximum Gasteiger partial charge on any atom is 0.393 e. The van der Waals surface area contributed by atoms with E-state index < -0.39 is 174 Å². The number of morpholine rings is 1. The molecule has 0 aromatic carbocycles. The van der Waals surface area contributed by atoms with Gasteiger partial charge in [-0.2, -0.15) is 13.2 Å². The van der Waals surface area contributed by atoms with Crippen molar-refractivity contribution >= 4 is 82.5 Å². The minimum atomic E-state index is -4.52. The highest BCUT2D eigenvalue weighted by Gasteiger charge is 2.52. The lowest BCUT2D eigenvalue weighted by molar-refractivity contribution is -0.182. The zero-order valence-corrected chi connectivity index (χ0v) is 66.0. The molecule has 600 valence electrons. The number of ether oxygens (including phenoxy) is 1. The van der Waals surface area contributed by atoms with Gasteiger partial charge in [0.15, 0.2) is 0 Å². The number of nitrogens with zero attached hydrogens (tertiary/aromatic N) is 9. The second-order valence-electron chi connectivity index (χ2n) is 32.5. The third-order valence-electron chi connectivity index (χ3n) is 24.3. The van der Waals surface area contributed by atoms with Gasteiger partial charge in [0.1, 0.15) is 47.8 Å². The molecule has 0 aromatic rings. The minimum Gasteiger partial charge on any atom is -0.378 e. The number of rotatable bonds is 13. The van der Waals surface area contributed by atoms with Crippen LogP contribution in [-0.2, 0) is 62.3 Å². The maximum atomic E-state index is 16.0. The number of piperidine rings is 1. The lowest BCUT2D eigenvalue weighted by Crippen LogP contribution is -2.66. The minimum absolute atomic E-state index is 0.0141. The van der Waals surface area contributed by atoms with Crippen molar-refractivity contribution in [3.05, 3.63) is 0 Å². The van der Waals surface area contributed by atoms with Crippen LogP contribution in [0.1, 0.15) is 195 Å². The summed E-state index contributed by atoms with van der Waals surface area (Å²) in [7, 11) is 11.5. The van der Waals surface area contributed by atoms with E-state index >= 15 is 28.8 Å². The molecule has 3 aliphatic heterocycles. The largest absolute Gasteiger partial charge is 0.393 e. The third kappa shape index (κ3) is 22.9. The van der Waals surface area contributed by atoms with E-state index in [0.29, 0.717) is 45.1 Å². The molecule has 7 aliphatic rings. The van der Waals surface area contributed by atoms with Gasteiger partial charge < -0.3 is 70.1 Å². The van der Waals surface area contributed by atoms with Gasteiger partial charge in [-0.25, -0.2) is 0 Å². The summed E-state index contributed by atoms with van der Waals surface area (Å²) in [6.07, 6.45) is 6.26. The van der Waals surface area contributed by atoms with E-state index in [2.05, 4.69) is 21.3 Å². The van der Waals surface area contributed by atoms with Crippen molar-refractivity contribution in [1.82, 2.24) is 65.4 Å². The molecule has 3 heterocycles. The lowest BCUT2D eigenvalue weighted by Gasteiger charge is -2.44. The fourth-order valence-corrected chi connectivity index (χ4v) is 17.8. The monoisotopic (exact) mass is 1520 g/mol. The van der Waals surface area contributed by atoms with E-state index in [1.807, 2.05) is 20.8 Å². The summed E-state index contributed by atoms with van der Waals surface area (Å²) in [5, 5.41) is 11.1. The van der Waals surface area contributed by atoms with Crippen molar-refractivity contribution in [3.8, 4) is 0 Å². The standard InChI is InChI=1S/C76H125ClF3N13O13/c1-13-49(4)65-72(103)87(7)46-63(96)85(5)47-64(97)89(9)59(41-50-23-16-14-17-24-50)70(101)86(6)45-61(94)82-56(31-29-51-28-30-54(55(77)40-51)76(78,79)80)69(100)90(10)58(42-52-25-22-34-81-44-52)68(99)84-75(32-20-21-33-75)74(105)92(12)66(53-26-18-15-19-27-53)73(104)91(11)60(71(102)93-35-37-106-38-36-93)43-62(95)88(8)57(39-48(2)3)67(98)83-65/h48-60,65-66,81H,13-47H2,1-12H3,(H,82,94)(H,83,98)(H,84,99)/t49-,51?,52?,54?,55?,56-,57-,58-,59-,60-,65-,66-/m0/s1. The van der Waals surface area contributed by atoms with Crippen molar-refractivity contribution in [2.24, 2.45) is 41.4 Å². The molecule has 4 aliphatic carbocycles. The van der Waals surface area contributed by atoms with Crippen molar-refractivity contribution < 1.29 is 75.4 Å². The van der Waals surface area contributed by atoms with Crippen LogP contribution in [0.3, 0.4) is 0 Å². The Morgan fingerprint density at radius 3 is 1.77 bits per heavy atom. The van der Waals surface area contributed by atoms with Gasteiger partial charge in [-0.05, 0) is 138 Å².